The number of phenolic OH excluding ortho intramolecular Hbond substituents is 2. The summed E-state index contributed by atoms with van der Waals surface area (Å²) in [5, 5.41) is 20.4. The number of halogens is 2. The fourth-order valence-electron chi connectivity index (χ4n) is 5.02. The standard InChI is InChI=1S/C29H29ClFNO4/c1-18-25-14-21(33)5-9-27(25)36-29(28(18)24-8-4-22(34)15-26(24)30)20-2-6-23(7-3-20)35-13-12-32-11-10-19(16-31)17-32/h2-9,14-15,19,29,33-34H,10-13,16-17H2,1H3/t19-,29?/m0/s1. The molecular formula is C29H29ClFNO4. The van der Waals surface area contributed by atoms with Gasteiger partial charge in [0.2, 0.25) is 0 Å². The lowest BCUT2D eigenvalue weighted by Gasteiger charge is -2.31. The van der Waals surface area contributed by atoms with E-state index in [1.165, 1.54) is 6.07 Å². The van der Waals surface area contributed by atoms with Crippen LogP contribution in [0.4, 0.5) is 4.39 Å². The van der Waals surface area contributed by atoms with Crippen molar-refractivity contribution < 1.29 is 24.1 Å². The van der Waals surface area contributed by atoms with E-state index in [1.807, 2.05) is 31.2 Å². The number of hydrogen-bond donors (Lipinski definition) is 2. The van der Waals surface area contributed by atoms with E-state index in [-0.39, 0.29) is 24.1 Å². The highest BCUT2D eigenvalue weighted by Gasteiger charge is 2.31. The predicted molar refractivity (Wildman–Crippen MR) is 140 cm³/mol. The Bertz CT molecular complexity index is 1280. The van der Waals surface area contributed by atoms with E-state index >= 15 is 0 Å². The molecule has 2 N–H and O–H groups in total. The smallest absolute Gasteiger partial charge is 0.150 e. The zero-order chi connectivity index (χ0) is 25.2. The number of fused-ring (bicyclic) bond motifs is 1. The molecule has 0 aliphatic carbocycles. The summed E-state index contributed by atoms with van der Waals surface area (Å²) >= 11 is 6.55. The SMILES string of the molecule is CC1=C(c2ccc(O)cc2Cl)C(c2ccc(OCCN3CC[C@@H](CF)C3)cc2)Oc2ccc(O)cc21. The first kappa shape index (κ1) is 24.5. The van der Waals surface area contributed by atoms with Gasteiger partial charge in [0.05, 0.1) is 11.7 Å². The molecule has 1 saturated heterocycles. The minimum Gasteiger partial charge on any atom is -0.508 e. The minimum absolute atomic E-state index is 0.0870. The number of ether oxygens (including phenoxy) is 2. The Hall–Kier alpha value is -3.22. The van der Waals surface area contributed by atoms with Gasteiger partial charge in [-0.3, -0.25) is 9.29 Å². The van der Waals surface area contributed by atoms with Crippen molar-refractivity contribution in [2.45, 2.75) is 19.4 Å². The lowest BCUT2D eigenvalue weighted by molar-refractivity contribution is 0.228. The van der Waals surface area contributed by atoms with Gasteiger partial charge in [-0.25, -0.2) is 0 Å². The van der Waals surface area contributed by atoms with Gasteiger partial charge in [-0.05, 0) is 79.6 Å². The minimum atomic E-state index is -0.444. The van der Waals surface area contributed by atoms with Crippen LogP contribution in [0.15, 0.2) is 60.7 Å². The van der Waals surface area contributed by atoms with Crippen molar-refractivity contribution in [2.75, 3.05) is 32.9 Å². The van der Waals surface area contributed by atoms with Crippen LogP contribution in [0.3, 0.4) is 0 Å². The van der Waals surface area contributed by atoms with Gasteiger partial charge in [0.25, 0.3) is 0 Å². The Labute approximate surface area is 215 Å². The first-order valence-electron chi connectivity index (χ1n) is 12.1. The summed E-state index contributed by atoms with van der Waals surface area (Å²) in [6, 6.07) is 17.7. The zero-order valence-electron chi connectivity index (χ0n) is 20.1. The number of aromatic hydroxyl groups is 2. The van der Waals surface area contributed by atoms with Crippen LogP contribution in [0, 0.1) is 5.92 Å². The Morgan fingerprint density at radius 2 is 1.78 bits per heavy atom. The fourth-order valence-corrected chi connectivity index (χ4v) is 5.29. The summed E-state index contributed by atoms with van der Waals surface area (Å²) in [4.78, 5) is 2.24. The number of benzene rings is 3. The number of hydrogen-bond acceptors (Lipinski definition) is 5. The molecule has 0 aromatic heterocycles. The van der Waals surface area contributed by atoms with Crippen LogP contribution in [0.2, 0.25) is 5.02 Å². The molecule has 0 spiro atoms. The Balaban J connectivity index is 1.39. The molecule has 0 radical (unpaired) electrons. The maximum atomic E-state index is 12.8. The second kappa shape index (κ2) is 10.4. The Kier molecular flexibility index (Phi) is 7.08. The largest absolute Gasteiger partial charge is 0.508 e. The molecule has 1 unspecified atom stereocenters. The first-order valence-corrected chi connectivity index (χ1v) is 12.5. The molecule has 7 heteroatoms. The van der Waals surface area contributed by atoms with Gasteiger partial charge < -0.3 is 19.7 Å². The average molecular weight is 510 g/mol. The van der Waals surface area contributed by atoms with Crippen LogP contribution in [-0.2, 0) is 0 Å². The van der Waals surface area contributed by atoms with Crippen LogP contribution in [0.1, 0.15) is 36.1 Å². The summed E-state index contributed by atoms with van der Waals surface area (Å²) in [6.45, 7) is 4.77. The van der Waals surface area contributed by atoms with Crippen molar-refractivity contribution in [1.82, 2.24) is 4.90 Å². The quantitative estimate of drug-likeness (QED) is 0.381. The van der Waals surface area contributed by atoms with Gasteiger partial charge in [0.1, 0.15) is 35.7 Å². The second-order valence-electron chi connectivity index (χ2n) is 9.41. The molecule has 5 rings (SSSR count). The molecule has 2 aliphatic rings. The molecular weight excluding hydrogens is 481 g/mol. The lowest BCUT2D eigenvalue weighted by atomic mass is 9.86. The number of rotatable bonds is 7. The predicted octanol–water partition coefficient (Wildman–Crippen LogP) is 6.49. The normalized spacial score (nSPS) is 19.8. The van der Waals surface area contributed by atoms with Crippen LogP contribution < -0.4 is 9.47 Å². The average Bonchev–Trinajstić information content (AvgIpc) is 3.33. The maximum absolute atomic E-state index is 12.8. The van der Waals surface area contributed by atoms with Gasteiger partial charge in [-0.1, -0.05) is 23.7 Å². The van der Waals surface area contributed by atoms with Crippen molar-refractivity contribution in [1.29, 1.82) is 0 Å². The first-order chi connectivity index (χ1) is 17.4. The van der Waals surface area contributed by atoms with Crippen LogP contribution in [0.5, 0.6) is 23.0 Å². The molecule has 2 heterocycles. The Morgan fingerprint density at radius 1 is 1.03 bits per heavy atom. The molecule has 0 amide bonds. The third kappa shape index (κ3) is 5.01. The molecule has 2 atom stereocenters. The fraction of sp³-hybridized carbons (Fsp3) is 0.310. The number of alkyl halides is 1. The van der Waals surface area contributed by atoms with Crippen LogP contribution >= 0.6 is 11.6 Å². The monoisotopic (exact) mass is 509 g/mol. The van der Waals surface area contributed by atoms with E-state index in [2.05, 4.69) is 4.90 Å². The van der Waals surface area contributed by atoms with Crippen LogP contribution in [0.25, 0.3) is 11.1 Å². The van der Waals surface area contributed by atoms with E-state index in [1.54, 1.807) is 30.3 Å². The summed E-state index contributed by atoms with van der Waals surface area (Å²) in [7, 11) is 0. The van der Waals surface area contributed by atoms with E-state index in [9.17, 15) is 14.6 Å². The van der Waals surface area contributed by atoms with E-state index in [4.69, 9.17) is 21.1 Å². The third-order valence-electron chi connectivity index (χ3n) is 6.97. The zero-order valence-corrected chi connectivity index (χ0v) is 20.8. The van der Waals surface area contributed by atoms with Crippen molar-refractivity contribution in [2.24, 2.45) is 5.92 Å². The van der Waals surface area contributed by atoms with Crippen molar-refractivity contribution in [3.05, 3.63) is 82.4 Å². The molecule has 36 heavy (non-hydrogen) atoms. The Morgan fingerprint density at radius 3 is 2.50 bits per heavy atom. The highest BCUT2D eigenvalue weighted by Crippen LogP contribution is 2.49. The molecule has 3 aromatic rings. The van der Waals surface area contributed by atoms with Gasteiger partial charge in [0.15, 0.2) is 0 Å². The van der Waals surface area contributed by atoms with Crippen molar-refractivity contribution in [3.63, 3.8) is 0 Å². The molecule has 3 aromatic carbocycles. The summed E-state index contributed by atoms with van der Waals surface area (Å²) in [5.74, 6) is 1.82. The molecule has 1 fully saturated rings. The maximum Gasteiger partial charge on any atom is 0.150 e. The molecule has 0 saturated carbocycles. The van der Waals surface area contributed by atoms with E-state index < -0.39 is 6.10 Å². The van der Waals surface area contributed by atoms with E-state index in [0.29, 0.717) is 17.4 Å². The third-order valence-corrected chi connectivity index (χ3v) is 7.28. The molecule has 2 aliphatic heterocycles. The second-order valence-corrected chi connectivity index (χ2v) is 9.82. The van der Waals surface area contributed by atoms with Crippen molar-refractivity contribution >= 4 is 22.7 Å². The molecule has 0 bridgehead atoms. The van der Waals surface area contributed by atoms with E-state index in [0.717, 1.165) is 59.6 Å². The molecule has 5 nitrogen and oxygen atoms in total. The summed E-state index contributed by atoms with van der Waals surface area (Å²) in [5.41, 5.74) is 4.26. The highest BCUT2D eigenvalue weighted by molar-refractivity contribution is 6.33. The van der Waals surface area contributed by atoms with Gasteiger partial charge >= 0.3 is 0 Å². The van der Waals surface area contributed by atoms with Crippen LogP contribution in [-0.4, -0.2) is 48.0 Å². The van der Waals surface area contributed by atoms with Gasteiger partial charge in [-0.2, -0.15) is 0 Å². The number of allylic oxidation sites excluding steroid dienone is 1. The summed E-state index contributed by atoms with van der Waals surface area (Å²) < 4.78 is 25.2. The number of phenols is 2. The number of nitrogens with zero attached hydrogens (tertiary/aromatic N) is 1. The highest BCUT2D eigenvalue weighted by atomic mass is 35.5. The van der Waals surface area contributed by atoms with Crippen molar-refractivity contribution in [3.8, 4) is 23.0 Å². The lowest BCUT2D eigenvalue weighted by Crippen LogP contribution is -2.26. The summed E-state index contributed by atoms with van der Waals surface area (Å²) in [6.07, 6.45) is 0.468. The van der Waals surface area contributed by atoms with Gasteiger partial charge in [0, 0.05) is 35.7 Å². The molecule has 188 valence electrons. The van der Waals surface area contributed by atoms with Gasteiger partial charge in [-0.15, -0.1) is 0 Å². The number of likely N-dealkylation sites (tertiary alicyclic amines) is 1. The topological polar surface area (TPSA) is 62.2 Å².